The Kier molecular flexibility index (Phi) is 2.78. The van der Waals surface area contributed by atoms with Crippen LogP contribution in [-0.4, -0.2) is 15.3 Å². The Hall–Kier alpha value is -1.28. The number of aromatic nitrogens is 2. The molecule has 0 amide bonds. The third-order valence-corrected chi connectivity index (χ3v) is 3.48. The summed E-state index contributed by atoms with van der Waals surface area (Å²) in [5, 5.41) is 9.69. The van der Waals surface area contributed by atoms with Crippen LogP contribution in [0.3, 0.4) is 0 Å². The standard InChI is InChI=1S/C10H11N3OS/c1-2-8-7(6-11)9(14)13-4-3-5-15-10(13)12-8/h2-5H2,1H3. The molecule has 15 heavy (non-hydrogen) atoms. The third kappa shape index (κ3) is 1.65. The van der Waals surface area contributed by atoms with Gasteiger partial charge in [0, 0.05) is 12.3 Å². The molecule has 0 unspecified atom stereocenters. The largest absolute Gasteiger partial charge is 0.286 e. The molecule has 1 aliphatic heterocycles. The molecule has 5 heteroatoms. The number of aryl methyl sites for hydroxylation is 1. The van der Waals surface area contributed by atoms with E-state index in [4.69, 9.17) is 5.26 Å². The Bertz CT molecular complexity index is 487. The van der Waals surface area contributed by atoms with Crippen LogP contribution in [0, 0.1) is 11.3 Å². The van der Waals surface area contributed by atoms with E-state index in [2.05, 4.69) is 4.98 Å². The second-order valence-corrected chi connectivity index (χ2v) is 4.40. The summed E-state index contributed by atoms with van der Waals surface area (Å²) in [5.41, 5.74) is 0.665. The predicted molar refractivity (Wildman–Crippen MR) is 57.9 cm³/mol. The van der Waals surface area contributed by atoms with E-state index in [1.165, 1.54) is 0 Å². The van der Waals surface area contributed by atoms with Gasteiger partial charge in [-0.25, -0.2) is 4.98 Å². The van der Waals surface area contributed by atoms with Crippen molar-refractivity contribution in [2.24, 2.45) is 0 Å². The smallest absolute Gasteiger partial charge is 0.272 e. The summed E-state index contributed by atoms with van der Waals surface area (Å²) in [6.45, 7) is 2.60. The lowest BCUT2D eigenvalue weighted by molar-refractivity contribution is 0.554. The first kappa shape index (κ1) is 10.2. The van der Waals surface area contributed by atoms with Crippen LogP contribution in [0.1, 0.15) is 24.6 Å². The topological polar surface area (TPSA) is 58.7 Å². The molecular formula is C10H11N3OS. The number of fused-ring (bicyclic) bond motifs is 1. The highest BCUT2D eigenvalue weighted by molar-refractivity contribution is 7.99. The van der Waals surface area contributed by atoms with Crippen molar-refractivity contribution in [3.05, 3.63) is 21.6 Å². The Morgan fingerprint density at radius 3 is 3.13 bits per heavy atom. The average molecular weight is 221 g/mol. The maximum atomic E-state index is 11.9. The van der Waals surface area contributed by atoms with E-state index in [0.29, 0.717) is 18.7 Å². The molecule has 1 aromatic rings. The lowest BCUT2D eigenvalue weighted by Gasteiger charge is -2.17. The number of thioether (sulfide) groups is 1. The molecule has 78 valence electrons. The summed E-state index contributed by atoms with van der Waals surface area (Å²) in [5.74, 6) is 1.00. The zero-order valence-electron chi connectivity index (χ0n) is 8.49. The van der Waals surface area contributed by atoms with Crippen molar-refractivity contribution in [2.75, 3.05) is 5.75 Å². The number of nitriles is 1. The van der Waals surface area contributed by atoms with Crippen LogP contribution in [-0.2, 0) is 13.0 Å². The van der Waals surface area contributed by atoms with E-state index < -0.39 is 0 Å². The lowest BCUT2D eigenvalue weighted by atomic mass is 10.2. The predicted octanol–water partition coefficient (Wildman–Crippen LogP) is 1.17. The second kappa shape index (κ2) is 4.07. The number of rotatable bonds is 1. The van der Waals surface area contributed by atoms with E-state index >= 15 is 0 Å². The summed E-state index contributed by atoms with van der Waals surface area (Å²) < 4.78 is 1.62. The molecule has 0 fully saturated rings. The van der Waals surface area contributed by atoms with Gasteiger partial charge in [-0.15, -0.1) is 0 Å². The summed E-state index contributed by atoms with van der Waals surface area (Å²) in [6.07, 6.45) is 1.60. The van der Waals surface area contributed by atoms with Gasteiger partial charge in [0.05, 0.1) is 5.69 Å². The molecule has 0 saturated heterocycles. The van der Waals surface area contributed by atoms with E-state index in [9.17, 15) is 4.79 Å². The van der Waals surface area contributed by atoms with Gasteiger partial charge in [-0.1, -0.05) is 18.7 Å². The Morgan fingerprint density at radius 1 is 1.67 bits per heavy atom. The summed E-state index contributed by atoms with van der Waals surface area (Å²) >= 11 is 1.59. The van der Waals surface area contributed by atoms with Crippen LogP contribution in [0.5, 0.6) is 0 Å². The van der Waals surface area contributed by atoms with Gasteiger partial charge < -0.3 is 0 Å². The van der Waals surface area contributed by atoms with E-state index in [-0.39, 0.29) is 11.1 Å². The molecule has 0 N–H and O–H groups in total. The quantitative estimate of drug-likeness (QED) is 0.668. The van der Waals surface area contributed by atoms with Crippen LogP contribution in [0.2, 0.25) is 0 Å². The Balaban J connectivity index is 2.69. The van der Waals surface area contributed by atoms with E-state index in [1.54, 1.807) is 16.3 Å². The zero-order chi connectivity index (χ0) is 10.8. The molecule has 0 bridgehead atoms. The Labute approximate surface area is 91.9 Å². The van der Waals surface area contributed by atoms with Gasteiger partial charge in [0.1, 0.15) is 11.6 Å². The molecule has 2 heterocycles. The minimum Gasteiger partial charge on any atom is -0.286 e. The van der Waals surface area contributed by atoms with E-state index in [0.717, 1.165) is 17.3 Å². The summed E-state index contributed by atoms with van der Waals surface area (Å²) in [4.78, 5) is 16.3. The summed E-state index contributed by atoms with van der Waals surface area (Å²) in [6, 6.07) is 1.96. The highest BCUT2D eigenvalue weighted by atomic mass is 32.2. The van der Waals surface area contributed by atoms with Crippen molar-refractivity contribution in [3.63, 3.8) is 0 Å². The van der Waals surface area contributed by atoms with E-state index in [1.807, 2.05) is 13.0 Å². The minimum absolute atomic E-state index is 0.174. The van der Waals surface area contributed by atoms with Gasteiger partial charge >= 0.3 is 0 Å². The van der Waals surface area contributed by atoms with Gasteiger partial charge in [0.2, 0.25) is 0 Å². The maximum Gasteiger partial charge on any atom is 0.272 e. The van der Waals surface area contributed by atoms with Crippen molar-refractivity contribution in [1.82, 2.24) is 9.55 Å². The first-order valence-corrected chi connectivity index (χ1v) is 5.93. The average Bonchev–Trinajstić information content (AvgIpc) is 2.29. The highest BCUT2D eigenvalue weighted by Gasteiger charge is 2.17. The van der Waals surface area contributed by atoms with Crippen molar-refractivity contribution in [1.29, 1.82) is 5.26 Å². The monoisotopic (exact) mass is 221 g/mol. The maximum absolute atomic E-state index is 11.9. The normalized spacial score (nSPS) is 14.4. The SMILES string of the molecule is CCc1nc2n(c(=O)c1C#N)CCCS2. The van der Waals surface area contributed by atoms with Crippen molar-refractivity contribution in [3.8, 4) is 6.07 Å². The molecule has 0 saturated carbocycles. The fourth-order valence-electron chi connectivity index (χ4n) is 1.64. The van der Waals surface area contributed by atoms with Gasteiger partial charge in [-0.05, 0) is 12.8 Å². The first-order chi connectivity index (χ1) is 7.27. The molecule has 4 nitrogen and oxygen atoms in total. The van der Waals surface area contributed by atoms with Gasteiger partial charge in [-0.2, -0.15) is 5.26 Å². The number of hydrogen-bond acceptors (Lipinski definition) is 4. The van der Waals surface area contributed by atoms with Crippen LogP contribution < -0.4 is 5.56 Å². The van der Waals surface area contributed by atoms with Crippen LogP contribution in [0.15, 0.2) is 9.95 Å². The van der Waals surface area contributed by atoms with Gasteiger partial charge in [0.15, 0.2) is 5.16 Å². The van der Waals surface area contributed by atoms with Gasteiger partial charge in [0.25, 0.3) is 5.56 Å². The zero-order valence-corrected chi connectivity index (χ0v) is 9.30. The molecule has 0 aliphatic carbocycles. The van der Waals surface area contributed by atoms with Crippen molar-refractivity contribution < 1.29 is 0 Å². The fraction of sp³-hybridized carbons (Fsp3) is 0.500. The number of hydrogen-bond donors (Lipinski definition) is 0. The van der Waals surface area contributed by atoms with Crippen LogP contribution in [0.25, 0.3) is 0 Å². The van der Waals surface area contributed by atoms with Gasteiger partial charge in [-0.3, -0.25) is 9.36 Å². The molecule has 1 aliphatic rings. The lowest BCUT2D eigenvalue weighted by Crippen LogP contribution is -2.29. The molecule has 0 aromatic carbocycles. The molecule has 0 atom stereocenters. The third-order valence-electron chi connectivity index (χ3n) is 2.41. The van der Waals surface area contributed by atoms with Crippen molar-refractivity contribution in [2.45, 2.75) is 31.5 Å². The minimum atomic E-state index is -0.174. The van der Waals surface area contributed by atoms with Crippen LogP contribution >= 0.6 is 11.8 Å². The first-order valence-electron chi connectivity index (χ1n) is 4.94. The van der Waals surface area contributed by atoms with Crippen LogP contribution in [0.4, 0.5) is 0 Å². The Morgan fingerprint density at radius 2 is 2.47 bits per heavy atom. The molecular weight excluding hydrogens is 210 g/mol. The molecule has 0 spiro atoms. The number of nitrogens with zero attached hydrogens (tertiary/aromatic N) is 3. The highest BCUT2D eigenvalue weighted by Crippen LogP contribution is 2.21. The fourth-order valence-corrected chi connectivity index (χ4v) is 2.60. The molecule has 1 aromatic heterocycles. The summed E-state index contributed by atoms with van der Waals surface area (Å²) in [7, 11) is 0. The second-order valence-electron chi connectivity index (χ2n) is 3.34. The molecule has 2 rings (SSSR count). The molecule has 0 radical (unpaired) electrons. The van der Waals surface area contributed by atoms with Crippen molar-refractivity contribution >= 4 is 11.8 Å².